The van der Waals surface area contributed by atoms with E-state index in [1.165, 1.54) is 5.56 Å². The first-order valence-electron chi connectivity index (χ1n) is 11.1. The van der Waals surface area contributed by atoms with Crippen molar-refractivity contribution in [3.8, 4) is 33.9 Å². The molecule has 1 saturated heterocycles. The molecule has 0 spiro atoms. The number of aromatic nitrogens is 3. The Labute approximate surface area is 195 Å². The first-order chi connectivity index (χ1) is 15.8. The van der Waals surface area contributed by atoms with Gasteiger partial charge in [-0.2, -0.15) is 0 Å². The summed E-state index contributed by atoms with van der Waals surface area (Å²) in [4.78, 5) is 13.5. The molecule has 2 heterocycles. The fraction of sp³-hybridized carbons (Fsp3) is 0.222. The van der Waals surface area contributed by atoms with Gasteiger partial charge < -0.3 is 9.31 Å². The van der Waals surface area contributed by atoms with Gasteiger partial charge in [-0.3, -0.25) is 0 Å². The van der Waals surface area contributed by atoms with Gasteiger partial charge in [0.05, 0.1) is 11.2 Å². The van der Waals surface area contributed by atoms with Crippen LogP contribution in [0.15, 0.2) is 85.2 Å². The lowest BCUT2D eigenvalue weighted by atomic mass is 9.79. The standard InChI is InChI=1S/C27H26BN3O2/c1-26(2)27(3,4)33-28(32-26)23-16-14-22(15-17-23)25-30-18-29-24(31-25)21-12-10-20(11-13-21)19-8-6-5-7-9-19/h5-18H,1-4H3. The molecule has 1 aromatic heterocycles. The van der Waals surface area contributed by atoms with Crippen molar-refractivity contribution >= 4 is 12.6 Å². The lowest BCUT2D eigenvalue weighted by molar-refractivity contribution is 0.00578. The first-order valence-corrected chi connectivity index (χ1v) is 11.1. The van der Waals surface area contributed by atoms with Crippen molar-refractivity contribution in [1.82, 2.24) is 15.0 Å². The van der Waals surface area contributed by atoms with Crippen LogP contribution in [0.25, 0.3) is 33.9 Å². The van der Waals surface area contributed by atoms with Crippen LogP contribution in [-0.2, 0) is 9.31 Å². The van der Waals surface area contributed by atoms with Crippen LogP contribution in [-0.4, -0.2) is 33.3 Å². The molecular formula is C27H26BN3O2. The molecule has 0 atom stereocenters. The van der Waals surface area contributed by atoms with E-state index >= 15 is 0 Å². The summed E-state index contributed by atoms with van der Waals surface area (Å²) in [5.41, 5.74) is 4.45. The second kappa shape index (κ2) is 8.21. The minimum Gasteiger partial charge on any atom is -0.399 e. The molecule has 0 unspecified atom stereocenters. The van der Waals surface area contributed by atoms with Crippen molar-refractivity contribution in [3.05, 3.63) is 85.2 Å². The Morgan fingerprint density at radius 1 is 0.576 bits per heavy atom. The molecule has 33 heavy (non-hydrogen) atoms. The van der Waals surface area contributed by atoms with E-state index in [9.17, 15) is 0 Å². The van der Waals surface area contributed by atoms with Crippen molar-refractivity contribution in [2.24, 2.45) is 0 Å². The lowest BCUT2D eigenvalue weighted by Crippen LogP contribution is -2.41. The highest BCUT2D eigenvalue weighted by atomic mass is 16.7. The molecule has 1 aliphatic heterocycles. The summed E-state index contributed by atoms with van der Waals surface area (Å²) in [5.74, 6) is 1.28. The van der Waals surface area contributed by atoms with Gasteiger partial charge in [0.15, 0.2) is 11.6 Å². The summed E-state index contributed by atoms with van der Waals surface area (Å²) in [6.45, 7) is 8.22. The highest BCUT2D eigenvalue weighted by molar-refractivity contribution is 6.62. The Morgan fingerprint density at radius 2 is 1.03 bits per heavy atom. The fourth-order valence-electron chi connectivity index (χ4n) is 3.79. The SMILES string of the molecule is CC1(C)OB(c2ccc(-c3ncnc(-c4ccc(-c5ccccc5)cc4)n3)cc2)OC1(C)C. The highest BCUT2D eigenvalue weighted by Gasteiger charge is 2.51. The van der Waals surface area contributed by atoms with E-state index in [-0.39, 0.29) is 18.3 Å². The minimum absolute atomic E-state index is 0.366. The third-order valence-corrected chi connectivity index (χ3v) is 6.52. The molecule has 0 amide bonds. The zero-order chi connectivity index (χ0) is 23.1. The van der Waals surface area contributed by atoms with Crippen molar-refractivity contribution in [2.75, 3.05) is 0 Å². The Balaban J connectivity index is 1.36. The molecule has 0 aliphatic carbocycles. The topological polar surface area (TPSA) is 57.1 Å². The van der Waals surface area contributed by atoms with Crippen molar-refractivity contribution < 1.29 is 9.31 Å². The summed E-state index contributed by atoms with van der Waals surface area (Å²) < 4.78 is 12.3. The number of benzene rings is 3. The van der Waals surface area contributed by atoms with E-state index in [1.54, 1.807) is 6.33 Å². The third-order valence-electron chi connectivity index (χ3n) is 6.52. The van der Waals surface area contributed by atoms with Crippen LogP contribution < -0.4 is 5.46 Å². The van der Waals surface area contributed by atoms with E-state index in [2.05, 4.69) is 61.9 Å². The van der Waals surface area contributed by atoms with Gasteiger partial charge in [-0.25, -0.2) is 15.0 Å². The summed E-state index contributed by atoms with van der Waals surface area (Å²) >= 11 is 0. The monoisotopic (exact) mass is 435 g/mol. The normalized spacial score (nSPS) is 16.7. The second-order valence-corrected chi connectivity index (χ2v) is 9.29. The number of hydrogen-bond donors (Lipinski definition) is 0. The van der Waals surface area contributed by atoms with Gasteiger partial charge in [0.25, 0.3) is 0 Å². The lowest BCUT2D eigenvalue weighted by Gasteiger charge is -2.32. The maximum absolute atomic E-state index is 6.15. The van der Waals surface area contributed by atoms with E-state index in [4.69, 9.17) is 14.3 Å². The highest BCUT2D eigenvalue weighted by Crippen LogP contribution is 2.36. The molecule has 164 valence electrons. The molecule has 5 rings (SSSR count). The third kappa shape index (κ3) is 4.20. The van der Waals surface area contributed by atoms with Crippen molar-refractivity contribution in [1.29, 1.82) is 0 Å². The second-order valence-electron chi connectivity index (χ2n) is 9.29. The van der Waals surface area contributed by atoms with Crippen LogP contribution in [0.3, 0.4) is 0 Å². The summed E-state index contributed by atoms with van der Waals surface area (Å²) in [6, 6.07) is 26.6. The largest absolute Gasteiger partial charge is 0.494 e. The van der Waals surface area contributed by atoms with Crippen LogP contribution in [0, 0.1) is 0 Å². The quantitative estimate of drug-likeness (QED) is 0.414. The van der Waals surface area contributed by atoms with Crippen LogP contribution in [0.4, 0.5) is 0 Å². The van der Waals surface area contributed by atoms with Gasteiger partial charge in [0.2, 0.25) is 0 Å². The van der Waals surface area contributed by atoms with E-state index < -0.39 is 0 Å². The first kappa shape index (κ1) is 21.5. The minimum atomic E-state index is -0.388. The summed E-state index contributed by atoms with van der Waals surface area (Å²) in [6.07, 6.45) is 1.56. The average Bonchev–Trinajstić information content (AvgIpc) is 3.07. The van der Waals surface area contributed by atoms with Crippen molar-refractivity contribution in [2.45, 2.75) is 38.9 Å². The molecule has 1 aliphatic rings. The maximum atomic E-state index is 6.15. The van der Waals surface area contributed by atoms with Gasteiger partial charge in [-0.05, 0) is 44.3 Å². The Kier molecular flexibility index (Phi) is 5.35. The van der Waals surface area contributed by atoms with E-state index in [0.717, 1.165) is 22.2 Å². The number of nitrogens with zero attached hydrogens (tertiary/aromatic N) is 3. The molecule has 0 saturated carbocycles. The average molecular weight is 435 g/mol. The Bertz CT molecular complexity index is 1240. The molecule has 0 radical (unpaired) electrons. The predicted octanol–water partition coefficient (Wildman–Crippen LogP) is 5.17. The smallest absolute Gasteiger partial charge is 0.399 e. The molecule has 3 aromatic carbocycles. The van der Waals surface area contributed by atoms with Crippen LogP contribution >= 0.6 is 0 Å². The Hall–Kier alpha value is -3.35. The molecule has 4 aromatic rings. The van der Waals surface area contributed by atoms with Crippen LogP contribution in [0.2, 0.25) is 0 Å². The molecule has 1 fully saturated rings. The number of rotatable bonds is 4. The van der Waals surface area contributed by atoms with Gasteiger partial charge in [-0.15, -0.1) is 0 Å². The van der Waals surface area contributed by atoms with Gasteiger partial charge in [-0.1, -0.05) is 78.9 Å². The zero-order valence-electron chi connectivity index (χ0n) is 19.3. The summed E-state index contributed by atoms with van der Waals surface area (Å²) in [5, 5.41) is 0. The van der Waals surface area contributed by atoms with Gasteiger partial charge in [0.1, 0.15) is 6.33 Å². The molecule has 0 N–H and O–H groups in total. The van der Waals surface area contributed by atoms with Crippen molar-refractivity contribution in [3.63, 3.8) is 0 Å². The molecule has 5 nitrogen and oxygen atoms in total. The van der Waals surface area contributed by atoms with Crippen LogP contribution in [0.5, 0.6) is 0 Å². The van der Waals surface area contributed by atoms with Gasteiger partial charge >= 0.3 is 7.12 Å². The summed E-state index contributed by atoms with van der Waals surface area (Å²) in [7, 11) is -0.388. The fourth-order valence-corrected chi connectivity index (χ4v) is 3.79. The van der Waals surface area contributed by atoms with E-state index in [0.29, 0.717) is 11.6 Å². The molecular weight excluding hydrogens is 409 g/mol. The van der Waals surface area contributed by atoms with Gasteiger partial charge in [0, 0.05) is 11.1 Å². The zero-order valence-corrected chi connectivity index (χ0v) is 19.3. The predicted molar refractivity (Wildman–Crippen MR) is 132 cm³/mol. The maximum Gasteiger partial charge on any atom is 0.494 e. The number of hydrogen-bond acceptors (Lipinski definition) is 5. The van der Waals surface area contributed by atoms with E-state index in [1.807, 2.05) is 54.6 Å². The molecule has 0 bridgehead atoms. The van der Waals surface area contributed by atoms with Crippen LogP contribution in [0.1, 0.15) is 27.7 Å². The Morgan fingerprint density at radius 3 is 1.58 bits per heavy atom. The molecule has 6 heteroatoms.